The van der Waals surface area contributed by atoms with Crippen molar-refractivity contribution in [2.24, 2.45) is 0 Å². The normalized spacial score (nSPS) is 15.2. The van der Waals surface area contributed by atoms with Crippen LogP contribution in [0.2, 0.25) is 0 Å². The number of amides is 1. The third-order valence-electron chi connectivity index (χ3n) is 5.13. The van der Waals surface area contributed by atoms with Crippen molar-refractivity contribution in [1.29, 1.82) is 0 Å². The predicted octanol–water partition coefficient (Wildman–Crippen LogP) is 4.25. The molecule has 1 heterocycles. The van der Waals surface area contributed by atoms with Crippen LogP contribution >= 0.6 is 0 Å². The lowest BCUT2D eigenvalue weighted by Crippen LogP contribution is -2.40. The molecule has 1 N–H and O–H groups in total. The van der Waals surface area contributed by atoms with E-state index in [-0.39, 0.29) is 18.0 Å². The average molecular weight is 402 g/mol. The van der Waals surface area contributed by atoms with Gasteiger partial charge in [-0.3, -0.25) is 4.79 Å². The highest BCUT2D eigenvalue weighted by atomic mass is 16.5. The molecule has 0 saturated heterocycles. The third-order valence-corrected chi connectivity index (χ3v) is 5.13. The van der Waals surface area contributed by atoms with Crippen LogP contribution in [-0.4, -0.2) is 30.9 Å². The Balaban J connectivity index is 1.42. The summed E-state index contributed by atoms with van der Waals surface area (Å²) in [5.41, 5.74) is 3.93. The first-order valence-corrected chi connectivity index (χ1v) is 9.59. The summed E-state index contributed by atoms with van der Waals surface area (Å²) in [5.74, 6) is 0.353. The van der Waals surface area contributed by atoms with E-state index in [1.165, 1.54) is 7.11 Å². The van der Waals surface area contributed by atoms with Crippen molar-refractivity contribution in [2.45, 2.75) is 12.8 Å². The zero-order valence-electron chi connectivity index (χ0n) is 16.8. The lowest BCUT2D eigenvalue weighted by atomic mass is 10.0. The fraction of sp³-hybridized carbons (Fsp3) is 0.167. The smallest absolute Gasteiger partial charge is 0.337 e. The summed E-state index contributed by atoms with van der Waals surface area (Å²) >= 11 is 0. The molecule has 30 heavy (non-hydrogen) atoms. The van der Waals surface area contributed by atoms with Crippen LogP contribution in [0.15, 0.2) is 72.8 Å². The standard InChI is InChI=1S/C24H22N2O4/c1-26-22(25-21-6-4-3-5-20(21)23(26)27)17-11-13-19(14-12-17)30-15-16-7-9-18(10-8-16)24(28)29-2/h3-14,22,25H,15H2,1-2H3. The lowest BCUT2D eigenvalue weighted by molar-refractivity contribution is 0.0600. The molecule has 1 aliphatic rings. The number of carbonyl (C=O) groups excluding carboxylic acids is 2. The number of esters is 1. The number of fused-ring (bicyclic) bond motifs is 1. The van der Waals surface area contributed by atoms with E-state index < -0.39 is 0 Å². The van der Waals surface area contributed by atoms with E-state index in [0.29, 0.717) is 17.7 Å². The maximum Gasteiger partial charge on any atom is 0.337 e. The number of nitrogens with zero attached hydrogens (tertiary/aromatic N) is 1. The van der Waals surface area contributed by atoms with Crippen LogP contribution in [0.25, 0.3) is 0 Å². The highest BCUT2D eigenvalue weighted by molar-refractivity contribution is 6.01. The first kappa shape index (κ1) is 19.5. The molecule has 0 bridgehead atoms. The monoisotopic (exact) mass is 402 g/mol. The summed E-state index contributed by atoms with van der Waals surface area (Å²) in [6, 6.07) is 22.3. The number of hydrogen-bond donors (Lipinski definition) is 1. The lowest BCUT2D eigenvalue weighted by Gasteiger charge is -2.35. The van der Waals surface area contributed by atoms with Gasteiger partial charge in [0.25, 0.3) is 5.91 Å². The summed E-state index contributed by atoms with van der Waals surface area (Å²) in [7, 11) is 3.15. The van der Waals surface area contributed by atoms with Crippen molar-refractivity contribution < 1.29 is 19.1 Å². The summed E-state index contributed by atoms with van der Waals surface area (Å²) in [6.07, 6.45) is -0.243. The molecule has 3 aromatic rings. The number of hydrogen-bond acceptors (Lipinski definition) is 5. The van der Waals surface area contributed by atoms with Gasteiger partial charge < -0.3 is 19.7 Å². The average Bonchev–Trinajstić information content (AvgIpc) is 2.80. The van der Waals surface area contributed by atoms with Crippen molar-refractivity contribution in [3.63, 3.8) is 0 Å². The van der Waals surface area contributed by atoms with E-state index in [0.717, 1.165) is 22.6 Å². The molecule has 6 heteroatoms. The molecule has 1 atom stereocenters. The summed E-state index contributed by atoms with van der Waals surface area (Å²) in [5, 5.41) is 3.42. The third kappa shape index (κ3) is 3.85. The molecule has 6 nitrogen and oxygen atoms in total. The number of ether oxygens (including phenoxy) is 2. The maximum absolute atomic E-state index is 12.6. The first-order chi connectivity index (χ1) is 14.6. The van der Waals surface area contributed by atoms with E-state index in [1.54, 1.807) is 24.1 Å². The van der Waals surface area contributed by atoms with E-state index in [2.05, 4.69) is 5.32 Å². The summed E-state index contributed by atoms with van der Waals surface area (Å²) in [6.45, 7) is 0.383. The van der Waals surface area contributed by atoms with Gasteiger partial charge in [-0.2, -0.15) is 0 Å². The predicted molar refractivity (Wildman–Crippen MR) is 113 cm³/mol. The zero-order valence-corrected chi connectivity index (χ0v) is 16.8. The number of methoxy groups -OCH3 is 1. The highest BCUT2D eigenvalue weighted by Gasteiger charge is 2.29. The quantitative estimate of drug-likeness (QED) is 0.647. The zero-order chi connectivity index (χ0) is 21.1. The highest BCUT2D eigenvalue weighted by Crippen LogP contribution is 2.32. The molecule has 1 aliphatic heterocycles. The van der Waals surface area contributed by atoms with Crippen LogP contribution < -0.4 is 10.1 Å². The Morgan fingerprint density at radius 3 is 2.40 bits per heavy atom. The van der Waals surface area contributed by atoms with E-state index in [9.17, 15) is 9.59 Å². The minimum atomic E-state index is -0.361. The second-order valence-corrected chi connectivity index (χ2v) is 7.05. The van der Waals surface area contributed by atoms with Crippen molar-refractivity contribution >= 4 is 17.6 Å². The molecule has 0 spiro atoms. The SMILES string of the molecule is COC(=O)c1ccc(COc2ccc(C3Nc4ccccc4C(=O)N3C)cc2)cc1. The summed E-state index contributed by atoms with van der Waals surface area (Å²) < 4.78 is 10.5. The van der Waals surface area contributed by atoms with E-state index in [1.807, 2.05) is 60.7 Å². The van der Waals surface area contributed by atoms with Gasteiger partial charge in [-0.1, -0.05) is 36.4 Å². The fourth-order valence-electron chi connectivity index (χ4n) is 3.42. The minimum absolute atomic E-state index is 0.00919. The molecule has 0 fully saturated rings. The number of carbonyl (C=O) groups is 2. The van der Waals surface area contributed by atoms with Crippen LogP contribution in [0.5, 0.6) is 5.75 Å². The van der Waals surface area contributed by atoms with Gasteiger partial charge in [-0.15, -0.1) is 0 Å². The molecular formula is C24H22N2O4. The molecule has 0 aliphatic carbocycles. The molecule has 152 valence electrons. The fourth-order valence-corrected chi connectivity index (χ4v) is 3.42. The second kappa shape index (κ2) is 8.29. The molecular weight excluding hydrogens is 380 g/mol. The Kier molecular flexibility index (Phi) is 5.39. The van der Waals surface area contributed by atoms with Crippen molar-refractivity contribution in [3.05, 3.63) is 95.1 Å². The van der Waals surface area contributed by atoms with Gasteiger partial charge in [-0.25, -0.2) is 4.79 Å². The van der Waals surface area contributed by atoms with Gasteiger partial charge in [0.05, 0.1) is 18.2 Å². The van der Waals surface area contributed by atoms with E-state index in [4.69, 9.17) is 9.47 Å². The molecule has 0 radical (unpaired) electrons. The Morgan fingerprint density at radius 1 is 1.00 bits per heavy atom. The van der Waals surface area contributed by atoms with Crippen molar-refractivity contribution in [2.75, 3.05) is 19.5 Å². The largest absolute Gasteiger partial charge is 0.489 e. The van der Waals surface area contributed by atoms with Crippen LogP contribution in [0.4, 0.5) is 5.69 Å². The Labute approximate surface area is 175 Å². The number of nitrogens with one attached hydrogen (secondary N) is 1. The molecule has 1 amide bonds. The van der Waals surface area contributed by atoms with Gasteiger partial charge in [0.2, 0.25) is 0 Å². The Hall–Kier alpha value is -3.80. The van der Waals surface area contributed by atoms with Crippen molar-refractivity contribution in [3.8, 4) is 5.75 Å². The number of para-hydroxylation sites is 1. The van der Waals surface area contributed by atoms with Crippen LogP contribution in [-0.2, 0) is 11.3 Å². The van der Waals surface area contributed by atoms with E-state index >= 15 is 0 Å². The van der Waals surface area contributed by atoms with Crippen molar-refractivity contribution in [1.82, 2.24) is 4.90 Å². The second-order valence-electron chi connectivity index (χ2n) is 7.05. The van der Waals surface area contributed by atoms with Crippen LogP contribution in [0.3, 0.4) is 0 Å². The Morgan fingerprint density at radius 2 is 1.70 bits per heavy atom. The van der Waals surface area contributed by atoms with Gasteiger partial charge in [0, 0.05) is 12.7 Å². The topological polar surface area (TPSA) is 67.9 Å². The van der Waals surface area contributed by atoms with Gasteiger partial charge >= 0.3 is 5.97 Å². The van der Waals surface area contributed by atoms with Crippen LogP contribution in [0.1, 0.15) is 38.0 Å². The minimum Gasteiger partial charge on any atom is -0.489 e. The van der Waals surface area contributed by atoms with Crippen LogP contribution in [0, 0.1) is 0 Å². The first-order valence-electron chi connectivity index (χ1n) is 9.59. The van der Waals surface area contributed by atoms with Gasteiger partial charge in [-0.05, 0) is 47.5 Å². The number of rotatable bonds is 5. The molecule has 1 unspecified atom stereocenters. The maximum atomic E-state index is 12.6. The molecule has 4 rings (SSSR count). The Bertz CT molecular complexity index is 1060. The van der Waals surface area contributed by atoms with Gasteiger partial charge in [0.1, 0.15) is 18.5 Å². The molecule has 0 saturated carbocycles. The molecule has 0 aromatic heterocycles. The summed E-state index contributed by atoms with van der Waals surface area (Å²) in [4.78, 5) is 25.8. The number of benzene rings is 3. The number of anilines is 1. The molecule has 3 aromatic carbocycles. The van der Waals surface area contributed by atoms with Gasteiger partial charge in [0.15, 0.2) is 0 Å².